The molecule has 0 radical (unpaired) electrons. The lowest BCUT2D eigenvalue weighted by Gasteiger charge is -2.39. The number of nitrogens with one attached hydrogen (secondary N) is 1. The molecule has 2 aromatic heterocycles. The molecule has 0 bridgehead atoms. The molecule has 2 saturated heterocycles. The number of fused-ring (bicyclic) bond motifs is 1. The molecule has 0 atom stereocenters. The van der Waals surface area contributed by atoms with Gasteiger partial charge in [0.2, 0.25) is 5.91 Å². The van der Waals surface area contributed by atoms with Crippen molar-refractivity contribution in [2.24, 2.45) is 5.92 Å². The summed E-state index contributed by atoms with van der Waals surface area (Å²) < 4.78 is 1.78. The van der Waals surface area contributed by atoms with Crippen LogP contribution in [-0.4, -0.2) is 69.9 Å². The third-order valence-corrected chi connectivity index (χ3v) is 6.06. The van der Waals surface area contributed by atoms with Crippen LogP contribution in [0.5, 0.6) is 0 Å². The number of hydrogen-bond acceptors (Lipinski definition) is 6. The average Bonchev–Trinajstić information content (AvgIpc) is 3.37. The summed E-state index contributed by atoms with van der Waals surface area (Å²) in [7, 11) is 0. The molecule has 3 aromatic rings. The van der Waals surface area contributed by atoms with Gasteiger partial charge in [0.15, 0.2) is 11.5 Å². The molecule has 0 unspecified atom stereocenters. The Hall–Kier alpha value is -3.00. The molecule has 2 fully saturated rings. The van der Waals surface area contributed by atoms with Crippen molar-refractivity contribution in [3.8, 4) is 11.4 Å². The van der Waals surface area contributed by atoms with E-state index in [9.17, 15) is 4.79 Å². The molecule has 8 nitrogen and oxygen atoms in total. The first-order valence-electron chi connectivity index (χ1n) is 10.7. The van der Waals surface area contributed by atoms with E-state index in [-0.39, 0.29) is 11.8 Å². The second-order valence-corrected chi connectivity index (χ2v) is 8.29. The van der Waals surface area contributed by atoms with Crippen LogP contribution >= 0.6 is 0 Å². The van der Waals surface area contributed by atoms with Crippen LogP contribution in [0.1, 0.15) is 18.4 Å². The maximum absolute atomic E-state index is 12.4. The zero-order valence-corrected chi connectivity index (χ0v) is 17.3. The fourth-order valence-electron chi connectivity index (χ4n) is 4.15. The first-order chi connectivity index (χ1) is 14.7. The van der Waals surface area contributed by atoms with E-state index in [1.165, 1.54) is 18.4 Å². The Morgan fingerprint density at radius 1 is 1.07 bits per heavy atom. The number of aromatic nitrogens is 4. The Balaban J connectivity index is 1.21. The molecule has 8 heteroatoms. The highest BCUT2D eigenvalue weighted by Gasteiger charge is 2.33. The van der Waals surface area contributed by atoms with Gasteiger partial charge in [-0.2, -0.15) is 4.52 Å². The van der Waals surface area contributed by atoms with Gasteiger partial charge in [-0.1, -0.05) is 29.8 Å². The van der Waals surface area contributed by atoms with E-state index in [1.54, 1.807) is 4.52 Å². The Labute approximate surface area is 175 Å². The lowest BCUT2D eigenvalue weighted by Crippen LogP contribution is -2.54. The van der Waals surface area contributed by atoms with Gasteiger partial charge in [0.05, 0.1) is 5.92 Å². The van der Waals surface area contributed by atoms with Crippen LogP contribution < -0.4 is 10.2 Å². The molecule has 1 amide bonds. The number of carbonyl (C=O) groups excluding carboxylic acids is 1. The van der Waals surface area contributed by atoms with Crippen LogP contribution in [0.3, 0.4) is 0 Å². The standard InChI is InChI=1S/C22H27N7O/c1-16-4-6-17(7-5-16)21-25-24-19-8-9-20(26-29(19)21)28-14-18(15-28)22(30)23-10-13-27-11-2-3-12-27/h4-9,18H,2-3,10-15H2,1H3,(H,23,30). The van der Waals surface area contributed by atoms with Gasteiger partial charge in [0.25, 0.3) is 0 Å². The maximum atomic E-state index is 12.4. The lowest BCUT2D eigenvalue weighted by molar-refractivity contribution is -0.125. The molecule has 4 heterocycles. The Morgan fingerprint density at radius 3 is 2.60 bits per heavy atom. The van der Waals surface area contributed by atoms with Crippen molar-refractivity contribution in [3.05, 3.63) is 42.0 Å². The van der Waals surface area contributed by atoms with Gasteiger partial charge >= 0.3 is 0 Å². The predicted octanol–water partition coefficient (Wildman–Crippen LogP) is 1.75. The number of aryl methyl sites for hydroxylation is 1. The zero-order chi connectivity index (χ0) is 20.5. The highest BCUT2D eigenvalue weighted by molar-refractivity contribution is 5.81. The number of amides is 1. The second-order valence-electron chi connectivity index (χ2n) is 8.29. The minimum Gasteiger partial charge on any atom is -0.354 e. The van der Waals surface area contributed by atoms with Crippen molar-refractivity contribution in [1.29, 1.82) is 0 Å². The van der Waals surface area contributed by atoms with Crippen LogP contribution in [0, 0.1) is 12.8 Å². The van der Waals surface area contributed by atoms with Gasteiger partial charge in [-0.05, 0) is 45.0 Å². The molecule has 0 spiro atoms. The number of likely N-dealkylation sites (tertiary alicyclic amines) is 1. The van der Waals surface area contributed by atoms with Crippen molar-refractivity contribution in [3.63, 3.8) is 0 Å². The second kappa shape index (κ2) is 8.02. The van der Waals surface area contributed by atoms with Gasteiger partial charge < -0.3 is 15.1 Å². The predicted molar refractivity (Wildman–Crippen MR) is 115 cm³/mol. The average molecular weight is 406 g/mol. The Morgan fingerprint density at radius 2 is 1.83 bits per heavy atom. The van der Waals surface area contributed by atoms with Crippen molar-refractivity contribution in [2.45, 2.75) is 19.8 Å². The molecule has 1 N–H and O–H groups in total. The summed E-state index contributed by atoms with van der Waals surface area (Å²) in [5.41, 5.74) is 2.90. The van der Waals surface area contributed by atoms with E-state index in [0.29, 0.717) is 18.7 Å². The fraction of sp³-hybridized carbons (Fsp3) is 0.455. The number of hydrogen-bond donors (Lipinski definition) is 1. The van der Waals surface area contributed by atoms with Gasteiger partial charge in [-0.3, -0.25) is 4.79 Å². The van der Waals surface area contributed by atoms with Crippen molar-refractivity contribution < 1.29 is 4.79 Å². The van der Waals surface area contributed by atoms with Crippen LogP contribution in [0.15, 0.2) is 36.4 Å². The highest BCUT2D eigenvalue weighted by atomic mass is 16.2. The van der Waals surface area contributed by atoms with Gasteiger partial charge in [0.1, 0.15) is 5.82 Å². The summed E-state index contributed by atoms with van der Waals surface area (Å²) in [5, 5.41) is 16.4. The van der Waals surface area contributed by atoms with Crippen LogP contribution in [0.4, 0.5) is 5.82 Å². The summed E-state index contributed by atoms with van der Waals surface area (Å²) in [6.07, 6.45) is 2.56. The first kappa shape index (κ1) is 19.0. The van der Waals surface area contributed by atoms with Crippen LogP contribution in [0.25, 0.3) is 17.0 Å². The number of benzene rings is 1. The minimum absolute atomic E-state index is 0.0264. The quantitative estimate of drug-likeness (QED) is 0.673. The molecule has 2 aliphatic heterocycles. The molecule has 0 saturated carbocycles. The maximum Gasteiger partial charge on any atom is 0.226 e. The zero-order valence-electron chi connectivity index (χ0n) is 17.3. The van der Waals surface area contributed by atoms with Crippen LogP contribution in [-0.2, 0) is 4.79 Å². The third-order valence-electron chi connectivity index (χ3n) is 6.06. The van der Waals surface area contributed by atoms with Crippen LogP contribution in [0.2, 0.25) is 0 Å². The number of nitrogens with zero attached hydrogens (tertiary/aromatic N) is 6. The van der Waals surface area contributed by atoms with E-state index < -0.39 is 0 Å². The fourth-order valence-corrected chi connectivity index (χ4v) is 4.15. The largest absolute Gasteiger partial charge is 0.354 e. The smallest absolute Gasteiger partial charge is 0.226 e. The number of rotatable bonds is 6. The molecule has 2 aliphatic rings. The van der Waals surface area contributed by atoms with Crippen molar-refractivity contribution in [1.82, 2.24) is 30.0 Å². The Bertz CT molecular complexity index is 1030. The lowest BCUT2D eigenvalue weighted by atomic mass is 9.99. The van der Waals surface area contributed by atoms with E-state index >= 15 is 0 Å². The third kappa shape index (κ3) is 3.75. The topological polar surface area (TPSA) is 78.7 Å². The monoisotopic (exact) mass is 405 g/mol. The summed E-state index contributed by atoms with van der Waals surface area (Å²) in [5.74, 6) is 1.75. The normalized spacial score (nSPS) is 17.4. The van der Waals surface area contributed by atoms with E-state index in [4.69, 9.17) is 5.10 Å². The van der Waals surface area contributed by atoms with Crippen molar-refractivity contribution >= 4 is 17.4 Å². The summed E-state index contributed by atoms with van der Waals surface area (Å²) in [6, 6.07) is 12.1. The molecular weight excluding hydrogens is 378 g/mol. The summed E-state index contributed by atoms with van der Waals surface area (Å²) in [4.78, 5) is 17.0. The molecule has 30 heavy (non-hydrogen) atoms. The minimum atomic E-state index is 0.0264. The van der Waals surface area contributed by atoms with Gasteiger partial charge in [-0.25, -0.2) is 0 Å². The first-order valence-corrected chi connectivity index (χ1v) is 10.7. The van der Waals surface area contributed by atoms with Gasteiger partial charge in [-0.15, -0.1) is 15.3 Å². The van der Waals surface area contributed by atoms with E-state index in [1.807, 2.05) is 24.3 Å². The number of carbonyl (C=O) groups is 1. The van der Waals surface area contributed by atoms with Crippen molar-refractivity contribution in [2.75, 3.05) is 44.2 Å². The molecule has 1 aromatic carbocycles. The van der Waals surface area contributed by atoms with Gasteiger partial charge in [0, 0.05) is 31.7 Å². The Kier molecular flexibility index (Phi) is 5.08. The molecule has 0 aliphatic carbocycles. The molecular formula is C22H27N7O. The molecule has 156 valence electrons. The summed E-state index contributed by atoms with van der Waals surface area (Å²) in [6.45, 7) is 7.46. The van der Waals surface area contributed by atoms with E-state index in [2.05, 4.69) is 44.4 Å². The molecule has 5 rings (SSSR count). The van der Waals surface area contributed by atoms with E-state index in [0.717, 1.165) is 43.4 Å². The highest BCUT2D eigenvalue weighted by Crippen LogP contribution is 2.25. The number of anilines is 1. The SMILES string of the molecule is Cc1ccc(-c2nnc3ccc(N4CC(C(=O)NCCN5CCCC5)C4)nn23)cc1. The summed E-state index contributed by atoms with van der Waals surface area (Å²) >= 11 is 0.